The summed E-state index contributed by atoms with van der Waals surface area (Å²) in [5, 5.41) is 6.34. The molecule has 0 aliphatic carbocycles. The van der Waals surface area contributed by atoms with Gasteiger partial charge < -0.3 is 20.3 Å². The maximum Gasteiger partial charge on any atom is 0.253 e. The van der Waals surface area contributed by atoms with Crippen LogP contribution < -0.4 is 15.4 Å². The third-order valence-electron chi connectivity index (χ3n) is 6.16. The second-order valence-corrected chi connectivity index (χ2v) is 9.95. The molecule has 2 N–H and O–H groups in total. The third-order valence-corrected chi connectivity index (χ3v) is 6.16. The summed E-state index contributed by atoms with van der Waals surface area (Å²) < 4.78 is 29.6. The number of unbranched alkanes of at least 4 members (excludes halogenated alkanes) is 1. The van der Waals surface area contributed by atoms with E-state index in [9.17, 15) is 18.4 Å². The minimum Gasteiger partial charge on any atom is -0.497 e. The first-order chi connectivity index (χ1) is 19.7. The lowest BCUT2D eigenvalue weighted by molar-refractivity contribution is 0.0755. The van der Waals surface area contributed by atoms with E-state index in [1.54, 1.807) is 20.1 Å². The predicted molar refractivity (Wildman–Crippen MR) is 162 cm³/mol. The van der Waals surface area contributed by atoms with Gasteiger partial charge in [-0.15, -0.1) is 0 Å². The van der Waals surface area contributed by atoms with E-state index >= 15 is 0 Å². The summed E-state index contributed by atoms with van der Waals surface area (Å²) in [4.78, 5) is 27.4. The van der Waals surface area contributed by atoms with Gasteiger partial charge in [0.05, 0.1) is 7.11 Å². The van der Waals surface area contributed by atoms with E-state index in [1.807, 2.05) is 48.2 Å². The van der Waals surface area contributed by atoms with E-state index in [0.29, 0.717) is 23.2 Å². The number of rotatable bonds is 13. The predicted octanol–water partition coefficient (Wildman–Crippen LogP) is 7.16. The molecule has 8 heteroatoms. The van der Waals surface area contributed by atoms with Crippen LogP contribution in [0.25, 0.3) is 0 Å². The van der Waals surface area contributed by atoms with Gasteiger partial charge in [0.1, 0.15) is 17.4 Å². The highest BCUT2D eigenvalue weighted by Gasteiger charge is 2.17. The molecule has 222 valence electrons. The highest BCUT2D eigenvalue weighted by molar-refractivity contribution is 6.00. The fourth-order valence-corrected chi connectivity index (χ4v) is 4.29. The first-order valence-electron chi connectivity index (χ1n) is 14.2. The van der Waals surface area contributed by atoms with E-state index in [-0.39, 0.29) is 11.8 Å². The Balaban J connectivity index is 0.000000553. The number of nitrogens with one attached hydrogen (secondary N) is 2. The Bertz CT molecular complexity index is 1210. The van der Waals surface area contributed by atoms with Crippen molar-refractivity contribution in [1.82, 2.24) is 10.2 Å². The summed E-state index contributed by atoms with van der Waals surface area (Å²) in [5.74, 6) is -0.359. The van der Waals surface area contributed by atoms with Crippen molar-refractivity contribution in [1.29, 1.82) is 0 Å². The number of ether oxygens (including phenoxy) is 1. The Kier molecular flexibility index (Phi) is 14.4. The van der Waals surface area contributed by atoms with Crippen LogP contribution in [0.2, 0.25) is 0 Å². The lowest BCUT2D eigenvalue weighted by atomic mass is 10.0. The molecular weight excluding hydrogens is 524 g/mol. The van der Waals surface area contributed by atoms with Crippen molar-refractivity contribution < 1.29 is 23.1 Å². The van der Waals surface area contributed by atoms with Crippen LogP contribution in [0.5, 0.6) is 5.75 Å². The third kappa shape index (κ3) is 12.0. The Morgan fingerprint density at radius 2 is 1.41 bits per heavy atom. The molecule has 0 spiro atoms. The van der Waals surface area contributed by atoms with Gasteiger partial charge in [0.15, 0.2) is 0 Å². The quantitative estimate of drug-likeness (QED) is 0.215. The number of anilines is 1. The second kappa shape index (κ2) is 17.7. The van der Waals surface area contributed by atoms with Crippen molar-refractivity contribution >= 4 is 17.5 Å². The fourth-order valence-electron chi connectivity index (χ4n) is 4.29. The molecule has 0 radical (unpaired) electrons. The fraction of sp³-hybridized carbons (Fsp3) is 0.394. The monoisotopic (exact) mass is 567 g/mol. The largest absolute Gasteiger partial charge is 0.497 e. The normalized spacial score (nSPS) is 10.3. The molecule has 41 heavy (non-hydrogen) atoms. The SMILES string of the molecule is CCCN(CCC)C(=O)c1cc(C)cc(C(=O)NCCCCNc2cccc(OC)c2)c1.Cc1cc(F)cc(F)c1. The maximum atomic E-state index is 12.9. The number of hydrogen-bond acceptors (Lipinski definition) is 4. The van der Waals surface area contributed by atoms with Crippen molar-refractivity contribution in [3.63, 3.8) is 0 Å². The topological polar surface area (TPSA) is 70.7 Å². The summed E-state index contributed by atoms with van der Waals surface area (Å²) in [7, 11) is 1.65. The molecule has 0 saturated carbocycles. The van der Waals surface area contributed by atoms with Crippen molar-refractivity contribution in [3.8, 4) is 5.75 Å². The molecule has 0 aromatic heterocycles. The van der Waals surface area contributed by atoms with Gasteiger partial charge in [0, 0.05) is 55.1 Å². The van der Waals surface area contributed by atoms with Crippen molar-refractivity contribution in [2.24, 2.45) is 0 Å². The van der Waals surface area contributed by atoms with E-state index in [4.69, 9.17) is 4.74 Å². The Morgan fingerprint density at radius 1 is 0.805 bits per heavy atom. The molecule has 3 aromatic rings. The maximum absolute atomic E-state index is 12.9. The lowest BCUT2D eigenvalue weighted by Gasteiger charge is -2.22. The zero-order valence-electron chi connectivity index (χ0n) is 24.9. The smallest absolute Gasteiger partial charge is 0.253 e. The van der Waals surface area contributed by atoms with Crippen LogP contribution in [0.15, 0.2) is 60.7 Å². The van der Waals surface area contributed by atoms with Crippen LogP contribution in [0.3, 0.4) is 0 Å². The number of hydrogen-bond donors (Lipinski definition) is 2. The number of halogens is 2. The summed E-state index contributed by atoms with van der Waals surface area (Å²) in [6.07, 6.45) is 3.62. The van der Waals surface area contributed by atoms with Crippen LogP contribution >= 0.6 is 0 Å². The number of carbonyl (C=O) groups excluding carboxylic acids is 2. The molecule has 2 amide bonds. The summed E-state index contributed by atoms with van der Waals surface area (Å²) in [6.45, 7) is 10.6. The number of amides is 2. The van der Waals surface area contributed by atoms with Crippen LogP contribution in [0.4, 0.5) is 14.5 Å². The van der Waals surface area contributed by atoms with Gasteiger partial charge in [0.25, 0.3) is 11.8 Å². The Hall–Kier alpha value is -3.94. The Labute approximate surface area is 243 Å². The molecule has 0 aliphatic rings. The van der Waals surface area contributed by atoms with Crippen molar-refractivity contribution in [2.75, 3.05) is 38.6 Å². The standard InChI is InChI=1S/C26H37N3O3.C7H6F2/c1-5-14-29(15-6-2)26(31)22-17-20(3)16-21(18-22)25(30)28-13-8-7-12-27-23-10-9-11-24(19-23)32-4;1-5-2-6(8)4-7(9)3-5/h9-11,16-19,27H,5-8,12-15H2,1-4H3,(H,28,30);2-4H,1H3. The molecule has 0 aliphatic heterocycles. The highest BCUT2D eigenvalue weighted by atomic mass is 19.1. The number of benzene rings is 3. The summed E-state index contributed by atoms with van der Waals surface area (Å²) >= 11 is 0. The van der Waals surface area contributed by atoms with E-state index in [0.717, 1.165) is 68.4 Å². The van der Waals surface area contributed by atoms with E-state index < -0.39 is 11.6 Å². The number of methoxy groups -OCH3 is 1. The number of carbonyl (C=O) groups is 2. The van der Waals surface area contributed by atoms with Crippen molar-refractivity contribution in [3.05, 3.63) is 94.6 Å². The molecule has 0 fully saturated rings. The Morgan fingerprint density at radius 3 is 2.02 bits per heavy atom. The first-order valence-corrected chi connectivity index (χ1v) is 14.2. The van der Waals surface area contributed by atoms with Gasteiger partial charge in [-0.2, -0.15) is 0 Å². The minimum absolute atomic E-state index is 0.00457. The molecule has 0 saturated heterocycles. The number of nitrogens with zero attached hydrogens (tertiary/aromatic N) is 1. The highest BCUT2D eigenvalue weighted by Crippen LogP contribution is 2.17. The summed E-state index contributed by atoms with van der Waals surface area (Å²) in [5.41, 5.74) is 3.66. The molecule has 3 rings (SSSR count). The van der Waals surface area contributed by atoms with E-state index in [2.05, 4.69) is 24.5 Å². The van der Waals surface area contributed by atoms with Gasteiger partial charge >= 0.3 is 0 Å². The molecule has 6 nitrogen and oxygen atoms in total. The molecule has 0 unspecified atom stereocenters. The average Bonchev–Trinajstić information content (AvgIpc) is 2.93. The van der Waals surface area contributed by atoms with Gasteiger partial charge in [-0.25, -0.2) is 8.78 Å². The molecule has 0 bridgehead atoms. The second-order valence-electron chi connectivity index (χ2n) is 9.95. The lowest BCUT2D eigenvalue weighted by Crippen LogP contribution is -2.33. The zero-order chi connectivity index (χ0) is 30.2. The van der Waals surface area contributed by atoms with Crippen LogP contribution in [-0.2, 0) is 0 Å². The first kappa shape index (κ1) is 33.3. The minimum atomic E-state index is -0.521. The van der Waals surface area contributed by atoms with Crippen molar-refractivity contribution in [2.45, 2.75) is 53.4 Å². The molecular formula is C33H43F2N3O3. The van der Waals surface area contributed by atoms with Gasteiger partial charge in [-0.05, 0) is 93.1 Å². The molecule has 0 atom stereocenters. The molecule has 0 heterocycles. The molecule has 3 aromatic carbocycles. The van der Waals surface area contributed by atoms with Crippen LogP contribution in [0, 0.1) is 25.5 Å². The number of aryl methyl sites for hydroxylation is 2. The van der Waals surface area contributed by atoms with Crippen LogP contribution in [-0.4, -0.2) is 50.0 Å². The summed E-state index contributed by atoms with van der Waals surface area (Å²) in [6, 6.07) is 16.7. The zero-order valence-corrected chi connectivity index (χ0v) is 24.9. The van der Waals surface area contributed by atoms with Gasteiger partial charge in [-0.1, -0.05) is 19.9 Å². The average molecular weight is 568 g/mol. The van der Waals surface area contributed by atoms with Gasteiger partial charge in [0.2, 0.25) is 0 Å². The van der Waals surface area contributed by atoms with Crippen LogP contribution in [0.1, 0.15) is 71.4 Å². The van der Waals surface area contributed by atoms with E-state index in [1.165, 1.54) is 12.1 Å². The van der Waals surface area contributed by atoms with Gasteiger partial charge in [-0.3, -0.25) is 9.59 Å².